The lowest BCUT2D eigenvalue weighted by Gasteiger charge is -2.37. The van der Waals surface area contributed by atoms with Crippen LogP contribution in [0.2, 0.25) is 0 Å². The maximum Gasteiger partial charge on any atom is 0.407 e. The maximum atomic E-state index is 13.7. The number of benzene rings is 2. The minimum absolute atomic E-state index is 0.105. The van der Waals surface area contributed by atoms with E-state index in [0.717, 1.165) is 65.1 Å². The highest BCUT2D eigenvalue weighted by molar-refractivity contribution is 5.87. The lowest BCUT2D eigenvalue weighted by molar-refractivity contribution is -0.138. The summed E-state index contributed by atoms with van der Waals surface area (Å²) in [5, 5.41) is 5.40. The van der Waals surface area contributed by atoms with Gasteiger partial charge in [-0.25, -0.2) is 19.6 Å². The molecule has 0 spiro atoms. The van der Waals surface area contributed by atoms with Crippen molar-refractivity contribution in [2.24, 2.45) is 11.8 Å². The third-order valence-electron chi connectivity index (χ3n) is 10.9. The van der Waals surface area contributed by atoms with E-state index >= 15 is 0 Å². The second-order valence-corrected chi connectivity index (χ2v) is 15.3. The maximum absolute atomic E-state index is 13.7. The first-order valence-corrected chi connectivity index (χ1v) is 19.0. The molecule has 0 saturated carbocycles. The molecule has 4 amide bonds. The highest BCUT2D eigenvalue weighted by Gasteiger charge is 2.46. The van der Waals surface area contributed by atoms with E-state index in [1.165, 1.54) is 14.2 Å². The van der Waals surface area contributed by atoms with E-state index in [1.54, 1.807) is 17.3 Å². The molecule has 0 radical (unpaired) electrons. The third kappa shape index (κ3) is 8.08. The second-order valence-electron chi connectivity index (χ2n) is 15.3. The van der Waals surface area contributed by atoms with Gasteiger partial charge in [-0.05, 0) is 66.7 Å². The molecule has 2 aromatic carbocycles. The lowest BCUT2D eigenvalue weighted by atomic mass is 9.95. The number of likely N-dealkylation sites (tertiary alicyclic amines) is 2. The van der Waals surface area contributed by atoms with Gasteiger partial charge in [0.25, 0.3) is 0 Å². The third-order valence-corrected chi connectivity index (χ3v) is 10.9. The molecule has 4 aromatic rings. The molecule has 0 bridgehead atoms. The van der Waals surface area contributed by atoms with E-state index < -0.39 is 29.8 Å². The van der Waals surface area contributed by atoms with E-state index in [1.807, 2.05) is 51.7 Å². The van der Waals surface area contributed by atoms with Gasteiger partial charge in [-0.2, -0.15) is 0 Å². The Hall–Kier alpha value is -5.66. The Morgan fingerprint density at radius 1 is 0.727 bits per heavy atom. The number of ether oxygens (including phenoxy) is 2. The number of methoxy groups -OCH3 is 2. The van der Waals surface area contributed by atoms with Crippen molar-refractivity contribution in [3.63, 3.8) is 0 Å². The number of carbonyl (C=O) groups is 4. The van der Waals surface area contributed by atoms with Crippen LogP contribution < -0.4 is 10.6 Å². The van der Waals surface area contributed by atoms with Crippen LogP contribution in [0.4, 0.5) is 9.59 Å². The van der Waals surface area contributed by atoms with E-state index in [9.17, 15) is 19.2 Å². The first kappa shape index (κ1) is 39.0. The van der Waals surface area contributed by atoms with Crippen molar-refractivity contribution < 1.29 is 28.7 Å². The fourth-order valence-electron chi connectivity index (χ4n) is 7.70. The number of alkyl carbamates (subject to hydrolysis) is 2. The molecular formula is C41H52N8O6. The van der Waals surface area contributed by atoms with Crippen LogP contribution in [0.1, 0.15) is 78.0 Å². The SMILES string of the molecule is COC(=O)N[C@H](C(=O)N1CCCC1c1ncc(-c2ccc(-c3ccc(-c4cnc([C@@]5(C)CCCN5C(=O)[C@@H](NC(=O)OC)C(C)C)[nH]4)cc3)cc2)[nH]1)C(C)C. The molecule has 14 nitrogen and oxygen atoms in total. The minimum atomic E-state index is -0.708. The summed E-state index contributed by atoms with van der Waals surface area (Å²) in [6, 6.07) is 14.9. The van der Waals surface area contributed by atoms with Crippen molar-refractivity contribution in [3.8, 4) is 33.6 Å². The molecule has 2 aromatic heterocycles. The molecule has 4 atom stereocenters. The fraction of sp³-hybridized carbons (Fsp3) is 0.463. The van der Waals surface area contributed by atoms with Crippen LogP contribution in [0.5, 0.6) is 0 Å². The van der Waals surface area contributed by atoms with Crippen molar-refractivity contribution in [3.05, 3.63) is 72.6 Å². The summed E-state index contributed by atoms with van der Waals surface area (Å²) < 4.78 is 9.53. The molecule has 55 heavy (non-hydrogen) atoms. The van der Waals surface area contributed by atoms with Gasteiger partial charge in [-0.15, -0.1) is 0 Å². The van der Waals surface area contributed by atoms with Gasteiger partial charge < -0.3 is 39.9 Å². The standard InChI is InChI=1S/C41H52N8O6/c1-24(2)33(46-39(52)54-6)36(50)48-20-8-10-32(48)35-42-22-30(44-35)28-15-11-26(12-16-28)27-13-17-29(18-14-27)31-23-43-38(45-31)41(5)19-9-21-49(41)37(51)34(25(3)4)47-40(53)55-7/h11-18,22-25,32-34H,8-10,19-21H2,1-7H3,(H,42,44)(H,43,45)(H,46,52)(H,47,53)/t32?,33-,34-,41+/m0/s1. The summed E-state index contributed by atoms with van der Waals surface area (Å²) in [5.41, 5.74) is 5.11. The number of aromatic amines is 2. The van der Waals surface area contributed by atoms with Gasteiger partial charge in [-0.3, -0.25) is 9.59 Å². The molecule has 2 aliphatic rings. The van der Waals surface area contributed by atoms with Crippen molar-refractivity contribution >= 4 is 24.0 Å². The minimum Gasteiger partial charge on any atom is -0.453 e. The summed E-state index contributed by atoms with van der Waals surface area (Å²) in [6.45, 7) is 10.8. The van der Waals surface area contributed by atoms with Gasteiger partial charge in [0, 0.05) is 13.1 Å². The van der Waals surface area contributed by atoms with Gasteiger partial charge in [0.15, 0.2) is 0 Å². The van der Waals surface area contributed by atoms with Crippen LogP contribution in [-0.4, -0.2) is 93.1 Å². The Morgan fingerprint density at radius 3 is 1.78 bits per heavy atom. The second kappa shape index (κ2) is 16.4. The van der Waals surface area contributed by atoms with Gasteiger partial charge in [0.2, 0.25) is 11.8 Å². The summed E-state index contributed by atoms with van der Waals surface area (Å²) in [7, 11) is 2.58. The number of nitrogens with one attached hydrogen (secondary N) is 4. The average molecular weight is 753 g/mol. The van der Waals surface area contributed by atoms with Crippen molar-refractivity contribution in [1.29, 1.82) is 0 Å². The molecule has 4 heterocycles. The number of H-pyrrole nitrogens is 2. The lowest BCUT2D eigenvalue weighted by Crippen LogP contribution is -2.55. The molecule has 2 fully saturated rings. The smallest absolute Gasteiger partial charge is 0.407 e. The number of hydrogen-bond acceptors (Lipinski definition) is 8. The van der Waals surface area contributed by atoms with Crippen LogP contribution in [-0.2, 0) is 24.6 Å². The molecule has 4 N–H and O–H groups in total. The number of amides is 4. The first-order chi connectivity index (χ1) is 26.3. The monoisotopic (exact) mass is 752 g/mol. The molecule has 292 valence electrons. The van der Waals surface area contributed by atoms with Crippen LogP contribution in [0.25, 0.3) is 33.6 Å². The number of aromatic nitrogens is 4. The molecule has 2 saturated heterocycles. The number of nitrogens with zero attached hydrogens (tertiary/aromatic N) is 4. The predicted molar refractivity (Wildman–Crippen MR) is 207 cm³/mol. The Balaban J connectivity index is 1.12. The van der Waals surface area contributed by atoms with Crippen LogP contribution in [0.15, 0.2) is 60.9 Å². The first-order valence-electron chi connectivity index (χ1n) is 19.0. The predicted octanol–water partition coefficient (Wildman–Crippen LogP) is 6.40. The van der Waals surface area contributed by atoms with Crippen molar-refractivity contribution in [2.75, 3.05) is 27.3 Å². The Bertz CT molecular complexity index is 1990. The van der Waals surface area contributed by atoms with Crippen LogP contribution >= 0.6 is 0 Å². The normalized spacial score (nSPS) is 19.4. The number of imidazole rings is 2. The van der Waals surface area contributed by atoms with E-state index in [-0.39, 0.29) is 29.7 Å². The Kier molecular flexibility index (Phi) is 11.6. The zero-order valence-electron chi connectivity index (χ0n) is 32.6. The van der Waals surface area contributed by atoms with E-state index in [0.29, 0.717) is 18.9 Å². The molecule has 14 heteroatoms. The highest BCUT2D eigenvalue weighted by atomic mass is 16.5. The Labute approximate surface area is 321 Å². The van der Waals surface area contributed by atoms with Crippen molar-refractivity contribution in [1.82, 2.24) is 40.4 Å². The summed E-state index contributed by atoms with van der Waals surface area (Å²) >= 11 is 0. The van der Waals surface area contributed by atoms with Gasteiger partial charge >= 0.3 is 12.2 Å². The average Bonchev–Trinajstić information content (AvgIpc) is 4.02. The quantitative estimate of drug-likeness (QED) is 0.136. The molecule has 1 unspecified atom stereocenters. The zero-order chi connectivity index (χ0) is 39.4. The number of carbonyl (C=O) groups excluding carboxylic acids is 4. The molecule has 6 rings (SSSR count). The van der Waals surface area contributed by atoms with Gasteiger partial charge in [0.1, 0.15) is 23.7 Å². The molecule has 0 aliphatic carbocycles. The van der Waals surface area contributed by atoms with Crippen molar-refractivity contribution in [2.45, 2.75) is 84.0 Å². The zero-order valence-corrected chi connectivity index (χ0v) is 32.6. The fourth-order valence-corrected chi connectivity index (χ4v) is 7.70. The van der Waals surface area contributed by atoms with Gasteiger partial charge in [-0.1, -0.05) is 76.2 Å². The highest BCUT2D eigenvalue weighted by Crippen LogP contribution is 2.39. The topological polar surface area (TPSA) is 175 Å². The Morgan fingerprint density at radius 2 is 1.24 bits per heavy atom. The summed E-state index contributed by atoms with van der Waals surface area (Å²) in [4.78, 5) is 71.2. The number of hydrogen-bond donors (Lipinski definition) is 4. The van der Waals surface area contributed by atoms with Crippen LogP contribution in [0, 0.1) is 11.8 Å². The molecular weight excluding hydrogens is 701 g/mol. The summed E-state index contributed by atoms with van der Waals surface area (Å²) in [5.74, 6) is 0.910. The van der Waals surface area contributed by atoms with E-state index in [2.05, 4.69) is 62.0 Å². The molecule has 2 aliphatic heterocycles. The van der Waals surface area contributed by atoms with Crippen LogP contribution in [0.3, 0.4) is 0 Å². The number of rotatable bonds is 11. The summed E-state index contributed by atoms with van der Waals surface area (Å²) in [6.07, 6.45) is 5.55. The largest absolute Gasteiger partial charge is 0.453 e. The van der Waals surface area contributed by atoms with Gasteiger partial charge in [0.05, 0.1) is 49.6 Å². The van der Waals surface area contributed by atoms with E-state index in [4.69, 9.17) is 14.5 Å².